The molecule has 18 heavy (non-hydrogen) atoms. The highest BCUT2D eigenvalue weighted by Gasteiger charge is 2.26. The van der Waals surface area contributed by atoms with Gasteiger partial charge < -0.3 is 14.2 Å². The number of aliphatic carboxylic acids is 1. The molecule has 2 heterocycles. The lowest BCUT2D eigenvalue weighted by atomic mass is 9.96. The number of hydrogen-bond donors (Lipinski definition) is 1. The maximum absolute atomic E-state index is 10.9. The summed E-state index contributed by atoms with van der Waals surface area (Å²) in [4.78, 5) is 19.2. The predicted molar refractivity (Wildman–Crippen MR) is 61.7 cm³/mol. The summed E-state index contributed by atoms with van der Waals surface area (Å²) in [5, 5.41) is 12.8. The Morgan fingerprint density at radius 3 is 2.78 bits per heavy atom. The van der Waals surface area contributed by atoms with Crippen molar-refractivity contribution in [3.8, 4) is 11.6 Å². The zero-order valence-corrected chi connectivity index (χ0v) is 10.4. The summed E-state index contributed by atoms with van der Waals surface area (Å²) in [5.74, 6) is -0.562. The third-order valence-electron chi connectivity index (χ3n) is 2.99. The molecule has 0 aliphatic carbocycles. The molecule has 0 bridgehead atoms. The van der Waals surface area contributed by atoms with Crippen molar-refractivity contribution in [2.75, 3.05) is 0 Å². The Kier molecular flexibility index (Phi) is 3.14. The summed E-state index contributed by atoms with van der Waals surface area (Å²) in [6.07, 6.45) is 3.41. The van der Waals surface area contributed by atoms with Crippen LogP contribution < -0.4 is 0 Å². The van der Waals surface area contributed by atoms with Gasteiger partial charge in [0.05, 0.1) is 5.92 Å². The third-order valence-corrected chi connectivity index (χ3v) is 2.99. The van der Waals surface area contributed by atoms with E-state index in [-0.39, 0.29) is 5.92 Å². The van der Waals surface area contributed by atoms with Gasteiger partial charge in [0.25, 0.3) is 0 Å². The van der Waals surface area contributed by atoms with Crippen molar-refractivity contribution in [3.05, 3.63) is 18.3 Å². The van der Waals surface area contributed by atoms with Crippen LogP contribution in [0.3, 0.4) is 0 Å². The van der Waals surface area contributed by atoms with E-state index in [0.717, 1.165) is 0 Å². The van der Waals surface area contributed by atoms with Gasteiger partial charge in [0.1, 0.15) is 0 Å². The minimum absolute atomic E-state index is 0.308. The first kappa shape index (κ1) is 12.3. The molecule has 0 fully saturated rings. The van der Waals surface area contributed by atoms with Crippen LogP contribution in [0.4, 0.5) is 0 Å². The van der Waals surface area contributed by atoms with Crippen molar-refractivity contribution in [1.29, 1.82) is 0 Å². The van der Waals surface area contributed by atoms with E-state index in [2.05, 4.69) is 15.1 Å². The van der Waals surface area contributed by atoms with Gasteiger partial charge >= 0.3 is 5.97 Å². The molecule has 0 amide bonds. The summed E-state index contributed by atoms with van der Waals surface area (Å²) in [6, 6.07) is 0. The monoisotopic (exact) mass is 250 g/mol. The Morgan fingerprint density at radius 1 is 1.50 bits per heavy atom. The van der Waals surface area contributed by atoms with Crippen molar-refractivity contribution < 1.29 is 14.4 Å². The summed E-state index contributed by atoms with van der Waals surface area (Å²) < 4.78 is 6.86. The largest absolute Gasteiger partial charge is 0.481 e. The van der Waals surface area contributed by atoms with Crippen LogP contribution in [0.1, 0.15) is 25.7 Å². The number of carbonyl (C=O) groups is 1. The van der Waals surface area contributed by atoms with Crippen LogP contribution in [0.25, 0.3) is 11.6 Å². The van der Waals surface area contributed by atoms with Gasteiger partial charge in [-0.15, -0.1) is 0 Å². The first-order valence-electron chi connectivity index (χ1n) is 5.54. The molecule has 2 rings (SSSR count). The molecule has 0 aliphatic rings. The van der Waals surface area contributed by atoms with Crippen LogP contribution in [0, 0.1) is 5.92 Å². The van der Waals surface area contributed by atoms with E-state index in [4.69, 9.17) is 9.63 Å². The number of nitrogens with zero attached hydrogens (tertiary/aromatic N) is 4. The normalized spacial score (nSPS) is 14.4. The lowest BCUT2D eigenvalue weighted by Crippen LogP contribution is -2.16. The highest BCUT2D eigenvalue weighted by Crippen LogP contribution is 2.24. The van der Waals surface area contributed by atoms with Crippen molar-refractivity contribution in [1.82, 2.24) is 19.7 Å². The third kappa shape index (κ3) is 2.11. The van der Waals surface area contributed by atoms with E-state index in [1.54, 1.807) is 30.8 Å². The van der Waals surface area contributed by atoms with Crippen molar-refractivity contribution >= 4 is 5.97 Å². The van der Waals surface area contributed by atoms with Gasteiger partial charge in [-0.3, -0.25) is 4.79 Å². The van der Waals surface area contributed by atoms with Crippen LogP contribution in [-0.2, 0) is 11.8 Å². The number of hydrogen-bond acceptors (Lipinski definition) is 5. The Labute approximate surface area is 103 Å². The maximum atomic E-state index is 10.9. The number of carboxylic acids is 1. The second-order valence-corrected chi connectivity index (χ2v) is 4.23. The Hall–Kier alpha value is -2.18. The molecule has 2 unspecified atom stereocenters. The second-order valence-electron chi connectivity index (χ2n) is 4.23. The molecule has 0 aliphatic heterocycles. The maximum Gasteiger partial charge on any atom is 0.307 e. The fourth-order valence-electron chi connectivity index (χ4n) is 1.52. The molecule has 96 valence electrons. The highest BCUT2D eigenvalue weighted by atomic mass is 16.5. The number of aryl methyl sites for hydroxylation is 1. The molecule has 2 aromatic rings. The van der Waals surface area contributed by atoms with E-state index in [1.807, 2.05) is 7.05 Å². The average Bonchev–Trinajstić information content (AvgIpc) is 2.95. The number of carboxylic acid groups (broad SMARTS) is 1. The molecule has 0 spiro atoms. The molecule has 7 heteroatoms. The zero-order chi connectivity index (χ0) is 13.3. The smallest absolute Gasteiger partial charge is 0.307 e. The molecule has 0 aromatic carbocycles. The zero-order valence-electron chi connectivity index (χ0n) is 10.4. The van der Waals surface area contributed by atoms with Crippen LogP contribution in [0.2, 0.25) is 0 Å². The fraction of sp³-hybridized carbons (Fsp3) is 0.455. The summed E-state index contributed by atoms with van der Waals surface area (Å²) in [6.45, 7) is 3.35. The SMILES string of the molecule is CC(C(=O)O)C(C)c1nc(-c2nccn2C)no1. The van der Waals surface area contributed by atoms with Crippen molar-refractivity contribution in [3.63, 3.8) is 0 Å². The van der Waals surface area contributed by atoms with Crippen LogP contribution in [-0.4, -0.2) is 30.8 Å². The second kappa shape index (κ2) is 4.59. The first-order chi connectivity index (χ1) is 8.50. The van der Waals surface area contributed by atoms with E-state index >= 15 is 0 Å². The summed E-state index contributed by atoms with van der Waals surface area (Å²) in [5.41, 5.74) is 0. The van der Waals surface area contributed by atoms with E-state index in [9.17, 15) is 4.79 Å². The van der Waals surface area contributed by atoms with Crippen LogP contribution in [0.15, 0.2) is 16.9 Å². The van der Waals surface area contributed by atoms with Gasteiger partial charge in [0.15, 0.2) is 5.82 Å². The topological polar surface area (TPSA) is 94.0 Å². The van der Waals surface area contributed by atoms with Gasteiger partial charge in [-0.2, -0.15) is 4.98 Å². The molecule has 0 saturated carbocycles. The molecule has 1 N–H and O–H groups in total. The van der Waals surface area contributed by atoms with E-state index < -0.39 is 11.9 Å². The molecule has 7 nitrogen and oxygen atoms in total. The van der Waals surface area contributed by atoms with Crippen LogP contribution >= 0.6 is 0 Å². The van der Waals surface area contributed by atoms with Gasteiger partial charge in [-0.25, -0.2) is 4.98 Å². The minimum atomic E-state index is -0.890. The lowest BCUT2D eigenvalue weighted by Gasteiger charge is -2.10. The highest BCUT2D eigenvalue weighted by molar-refractivity contribution is 5.70. The van der Waals surface area contributed by atoms with E-state index in [1.165, 1.54) is 0 Å². The Balaban J connectivity index is 2.26. The van der Waals surface area contributed by atoms with Crippen molar-refractivity contribution in [2.45, 2.75) is 19.8 Å². The van der Waals surface area contributed by atoms with Gasteiger partial charge in [0.2, 0.25) is 11.7 Å². The lowest BCUT2D eigenvalue weighted by molar-refractivity contribution is -0.141. The number of rotatable bonds is 4. The molecule has 0 radical (unpaired) electrons. The average molecular weight is 250 g/mol. The molecule has 0 saturated heterocycles. The quantitative estimate of drug-likeness (QED) is 0.878. The van der Waals surface area contributed by atoms with Gasteiger partial charge in [-0.1, -0.05) is 19.0 Å². The van der Waals surface area contributed by atoms with Crippen LogP contribution in [0.5, 0.6) is 0 Å². The van der Waals surface area contributed by atoms with Gasteiger partial charge in [-0.05, 0) is 0 Å². The van der Waals surface area contributed by atoms with Gasteiger partial charge in [0, 0.05) is 25.4 Å². The molecular formula is C11H14N4O3. The number of imidazole rings is 1. The Bertz CT molecular complexity index is 560. The Morgan fingerprint density at radius 2 is 2.22 bits per heavy atom. The molecule has 2 aromatic heterocycles. The van der Waals surface area contributed by atoms with E-state index in [0.29, 0.717) is 17.5 Å². The first-order valence-corrected chi connectivity index (χ1v) is 5.54. The molecular weight excluding hydrogens is 236 g/mol. The summed E-state index contributed by atoms with van der Waals surface area (Å²) in [7, 11) is 1.82. The number of aromatic nitrogens is 4. The fourth-order valence-corrected chi connectivity index (χ4v) is 1.52. The molecule has 2 atom stereocenters. The standard InChI is InChI=1S/C11H14N4O3/c1-6(7(2)11(16)17)10-13-8(14-18-10)9-12-4-5-15(9)3/h4-7H,1-3H3,(H,16,17). The minimum Gasteiger partial charge on any atom is -0.481 e. The predicted octanol–water partition coefficient (Wildman–Crippen LogP) is 1.29. The summed E-state index contributed by atoms with van der Waals surface area (Å²) >= 11 is 0. The van der Waals surface area contributed by atoms with Crippen molar-refractivity contribution in [2.24, 2.45) is 13.0 Å².